The monoisotopic (exact) mass is 247 g/mol. The molecule has 1 aliphatic rings. The predicted molar refractivity (Wildman–Crippen MR) is 67.3 cm³/mol. The molecule has 96 valence electrons. The second-order valence-electron chi connectivity index (χ2n) is 4.27. The molecule has 0 unspecified atom stereocenters. The highest BCUT2D eigenvalue weighted by atomic mass is 16.5. The molecule has 1 aliphatic heterocycles. The lowest BCUT2D eigenvalue weighted by Crippen LogP contribution is -2.31. The summed E-state index contributed by atoms with van der Waals surface area (Å²) >= 11 is 0. The minimum Gasteiger partial charge on any atom is -0.494 e. The molecule has 0 aliphatic carbocycles. The van der Waals surface area contributed by atoms with Crippen LogP contribution in [0.1, 0.15) is 25.3 Å². The number of ether oxygens (including phenoxy) is 1. The van der Waals surface area contributed by atoms with Crippen LogP contribution in [0.2, 0.25) is 0 Å². The molecule has 4 heteroatoms. The maximum Gasteiger partial charge on any atom is 0.229 e. The van der Waals surface area contributed by atoms with E-state index in [4.69, 9.17) is 4.74 Å². The van der Waals surface area contributed by atoms with Crippen molar-refractivity contribution in [1.29, 1.82) is 0 Å². The molecule has 1 saturated heterocycles. The average molecular weight is 247 g/mol. The number of nitrogens with zero attached hydrogens (tertiary/aromatic N) is 1. The van der Waals surface area contributed by atoms with Crippen LogP contribution in [0.25, 0.3) is 0 Å². The molecule has 0 N–H and O–H groups in total. The molecule has 1 fully saturated rings. The van der Waals surface area contributed by atoms with Crippen LogP contribution in [0.5, 0.6) is 5.75 Å². The summed E-state index contributed by atoms with van der Waals surface area (Å²) in [5.74, 6) is 0.742. The van der Waals surface area contributed by atoms with E-state index in [1.54, 1.807) is 0 Å². The van der Waals surface area contributed by atoms with E-state index in [0.717, 1.165) is 11.3 Å². The van der Waals surface area contributed by atoms with Gasteiger partial charge < -0.3 is 4.74 Å². The van der Waals surface area contributed by atoms with Crippen molar-refractivity contribution in [3.63, 3.8) is 0 Å². The fraction of sp³-hybridized carbons (Fsp3) is 0.429. The lowest BCUT2D eigenvalue weighted by atomic mass is 10.1. The lowest BCUT2D eigenvalue weighted by molar-refractivity contribution is -0.138. The minimum absolute atomic E-state index is 0.0501. The van der Waals surface area contributed by atoms with E-state index in [2.05, 4.69) is 0 Å². The second-order valence-corrected chi connectivity index (χ2v) is 4.27. The third-order valence-corrected chi connectivity index (χ3v) is 3.01. The van der Waals surface area contributed by atoms with Gasteiger partial charge in [-0.05, 0) is 31.0 Å². The second kappa shape index (κ2) is 5.67. The van der Waals surface area contributed by atoms with Gasteiger partial charge in [-0.15, -0.1) is 0 Å². The molecule has 0 aromatic heterocycles. The number of benzene rings is 1. The molecule has 2 amide bonds. The van der Waals surface area contributed by atoms with Gasteiger partial charge in [-0.3, -0.25) is 14.5 Å². The molecule has 1 aromatic carbocycles. The van der Waals surface area contributed by atoms with Crippen molar-refractivity contribution in [2.75, 3.05) is 13.2 Å². The molecule has 0 atom stereocenters. The Morgan fingerprint density at radius 3 is 2.28 bits per heavy atom. The Labute approximate surface area is 107 Å². The topological polar surface area (TPSA) is 46.6 Å². The van der Waals surface area contributed by atoms with Gasteiger partial charge in [0, 0.05) is 19.4 Å². The first kappa shape index (κ1) is 12.6. The third kappa shape index (κ3) is 2.88. The summed E-state index contributed by atoms with van der Waals surface area (Å²) in [7, 11) is 0. The molecule has 0 saturated carbocycles. The van der Waals surface area contributed by atoms with Crippen molar-refractivity contribution < 1.29 is 14.3 Å². The molecule has 2 rings (SSSR count). The van der Waals surface area contributed by atoms with Crippen molar-refractivity contribution in [3.8, 4) is 5.75 Å². The molecule has 1 heterocycles. The molecule has 1 aromatic rings. The van der Waals surface area contributed by atoms with Gasteiger partial charge in [0.2, 0.25) is 11.8 Å². The van der Waals surface area contributed by atoms with Gasteiger partial charge in [-0.2, -0.15) is 0 Å². The number of carbonyl (C=O) groups excluding carboxylic acids is 2. The van der Waals surface area contributed by atoms with E-state index < -0.39 is 0 Å². The average Bonchev–Trinajstić information content (AvgIpc) is 2.69. The van der Waals surface area contributed by atoms with Crippen molar-refractivity contribution in [2.45, 2.75) is 26.2 Å². The van der Waals surface area contributed by atoms with Gasteiger partial charge in [-0.1, -0.05) is 12.1 Å². The van der Waals surface area contributed by atoms with Gasteiger partial charge >= 0.3 is 0 Å². The van der Waals surface area contributed by atoms with E-state index >= 15 is 0 Å². The maximum absolute atomic E-state index is 11.4. The Kier molecular flexibility index (Phi) is 3.97. The number of amides is 2. The Hall–Kier alpha value is -1.84. The first-order valence-corrected chi connectivity index (χ1v) is 6.25. The highest BCUT2D eigenvalue weighted by Crippen LogP contribution is 2.15. The van der Waals surface area contributed by atoms with Gasteiger partial charge in [0.1, 0.15) is 5.75 Å². The van der Waals surface area contributed by atoms with Crippen molar-refractivity contribution >= 4 is 11.8 Å². The van der Waals surface area contributed by atoms with Crippen LogP contribution in [0, 0.1) is 0 Å². The first-order valence-electron chi connectivity index (χ1n) is 6.25. The van der Waals surface area contributed by atoms with Crippen LogP contribution in [0.15, 0.2) is 24.3 Å². The van der Waals surface area contributed by atoms with Crippen LogP contribution in [-0.2, 0) is 16.0 Å². The van der Waals surface area contributed by atoms with E-state index in [1.165, 1.54) is 4.90 Å². The summed E-state index contributed by atoms with van der Waals surface area (Å²) in [5.41, 5.74) is 1.10. The maximum atomic E-state index is 11.4. The fourth-order valence-corrected chi connectivity index (χ4v) is 2.03. The molecule has 0 bridgehead atoms. The Balaban J connectivity index is 1.90. The highest BCUT2D eigenvalue weighted by molar-refractivity contribution is 6.01. The van der Waals surface area contributed by atoms with Gasteiger partial charge in [-0.25, -0.2) is 0 Å². The summed E-state index contributed by atoms with van der Waals surface area (Å²) < 4.78 is 5.35. The zero-order valence-corrected chi connectivity index (χ0v) is 10.5. The molecular formula is C14H17NO3. The van der Waals surface area contributed by atoms with E-state index in [-0.39, 0.29) is 11.8 Å². The zero-order valence-electron chi connectivity index (χ0n) is 10.5. The molecule has 18 heavy (non-hydrogen) atoms. The Morgan fingerprint density at radius 1 is 1.11 bits per heavy atom. The minimum atomic E-state index is -0.0501. The Bertz CT molecular complexity index is 423. The number of hydrogen-bond donors (Lipinski definition) is 0. The quantitative estimate of drug-likeness (QED) is 0.745. The van der Waals surface area contributed by atoms with Gasteiger partial charge in [0.15, 0.2) is 0 Å². The smallest absolute Gasteiger partial charge is 0.229 e. The first-order chi connectivity index (χ1) is 8.70. The number of carbonyl (C=O) groups is 2. The molecule has 0 spiro atoms. The summed E-state index contributed by atoms with van der Waals surface area (Å²) in [5, 5.41) is 0. The largest absolute Gasteiger partial charge is 0.494 e. The van der Waals surface area contributed by atoms with Gasteiger partial charge in [0.05, 0.1) is 6.61 Å². The third-order valence-electron chi connectivity index (χ3n) is 3.01. The van der Waals surface area contributed by atoms with Crippen molar-refractivity contribution in [3.05, 3.63) is 29.8 Å². The SMILES string of the molecule is CCOc1ccc(CCN2C(=O)CCC2=O)cc1. The van der Waals surface area contributed by atoms with Crippen LogP contribution in [0.3, 0.4) is 0 Å². The lowest BCUT2D eigenvalue weighted by Gasteiger charge is -2.13. The van der Waals surface area contributed by atoms with Gasteiger partial charge in [0.25, 0.3) is 0 Å². The Morgan fingerprint density at radius 2 is 1.72 bits per heavy atom. The summed E-state index contributed by atoms with van der Waals surface area (Å²) in [6.45, 7) is 3.07. The van der Waals surface area contributed by atoms with Crippen LogP contribution >= 0.6 is 0 Å². The molecular weight excluding hydrogens is 230 g/mol. The van der Waals surface area contributed by atoms with Crippen LogP contribution in [0.4, 0.5) is 0 Å². The van der Waals surface area contributed by atoms with Crippen LogP contribution in [-0.4, -0.2) is 29.9 Å². The number of hydrogen-bond acceptors (Lipinski definition) is 3. The van der Waals surface area contributed by atoms with Crippen LogP contribution < -0.4 is 4.74 Å². The summed E-state index contributed by atoms with van der Waals surface area (Å²) in [6, 6.07) is 7.75. The van der Waals surface area contributed by atoms with E-state index in [9.17, 15) is 9.59 Å². The number of likely N-dealkylation sites (tertiary alicyclic amines) is 1. The zero-order chi connectivity index (χ0) is 13.0. The molecule has 0 radical (unpaired) electrons. The number of imide groups is 1. The summed E-state index contributed by atoms with van der Waals surface area (Å²) in [6.07, 6.45) is 1.42. The highest BCUT2D eigenvalue weighted by Gasteiger charge is 2.27. The van der Waals surface area contributed by atoms with E-state index in [0.29, 0.717) is 32.4 Å². The fourth-order valence-electron chi connectivity index (χ4n) is 2.03. The normalized spacial score (nSPS) is 15.3. The van der Waals surface area contributed by atoms with Crippen molar-refractivity contribution in [2.24, 2.45) is 0 Å². The number of rotatable bonds is 5. The predicted octanol–water partition coefficient (Wildman–Crippen LogP) is 1.78. The van der Waals surface area contributed by atoms with E-state index in [1.807, 2.05) is 31.2 Å². The van der Waals surface area contributed by atoms with Crippen molar-refractivity contribution in [1.82, 2.24) is 4.90 Å². The molecule has 4 nitrogen and oxygen atoms in total. The standard InChI is InChI=1S/C14H17NO3/c1-2-18-12-5-3-11(4-6-12)9-10-15-13(16)7-8-14(15)17/h3-6H,2,7-10H2,1H3. The summed E-state index contributed by atoms with van der Waals surface area (Å²) in [4.78, 5) is 24.2.